The molecular formula is C20H18ClN3O3. The Balaban J connectivity index is 1.90. The molecule has 138 valence electrons. The Hall–Kier alpha value is -2.99. The van der Waals surface area contributed by atoms with Crippen LogP contribution in [0.1, 0.15) is 25.5 Å². The average molecular weight is 384 g/mol. The topological polar surface area (TPSA) is 78.8 Å². The van der Waals surface area contributed by atoms with Crippen LogP contribution < -0.4 is 10.2 Å². The van der Waals surface area contributed by atoms with E-state index in [4.69, 9.17) is 11.6 Å². The van der Waals surface area contributed by atoms with E-state index in [0.717, 1.165) is 10.5 Å². The maximum atomic E-state index is 12.9. The third-order valence-corrected chi connectivity index (χ3v) is 4.60. The molecule has 7 heteroatoms. The molecule has 0 aliphatic carbocycles. The van der Waals surface area contributed by atoms with Crippen LogP contribution in [0.4, 0.5) is 10.5 Å². The Morgan fingerprint density at radius 2 is 1.70 bits per heavy atom. The van der Waals surface area contributed by atoms with Crippen LogP contribution in [0.25, 0.3) is 0 Å². The van der Waals surface area contributed by atoms with Crippen LogP contribution in [0.15, 0.2) is 59.6 Å². The van der Waals surface area contributed by atoms with E-state index in [-0.39, 0.29) is 6.04 Å². The van der Waals surface area contributed by atoms with Crippen LogP contribution in [0.5, 0.6) is 0 Å². The minimum atomic E-state index is -1.16. The van der Waals surface area contributed by atoms with Crippen molar-refractivity contribution in [3.8, 4) is 0 Å². The first kappa shape index (κ1) is 18.8. The summed E-state index contributed by atoms with van der Waals surface area (Å²) < 4.78 is 0. The molecule has 27 heavy (non-hydrogen) atoms. The number of hydrogen-bond donors (Lipinski definition) is 1. The monoisotopic (exact) mass is 383 g/mol. The predicted molar refractivity (Wildman–Crippen MR) is 104 cm³/mol. The highest BCUT2D eigenvalue weighted by Crippen LogP contribution is 2.25. The number of urea groups is 1. The maximum absolute atomic E-state index is 12.9. The molecule has 2 aromatic carbocycles. The van der Waals surface area contributed by atoms with E-state index in [9.17, 15) is 14.4 Å². The Kier molecular flexibility index (Phi) is 5.37. The number of amides is 4. The van der Waals surface area contributed by atoms with Crippen molar-refractivity contribution in [2.45, 2.75) is 19.9 Å². The number of barbiturate groups is 1. The van der Waals surface area contributed by atoms with E-state index in [1.54, 1.807) is 31.2 Å². The zero-order valence-electron chi connectivity index (χ0n) is 14.8. The van der Waals surface area contributed by atoms with Gasteiger partial charge in [0.2, 0.25) is 5.91 Å². The summed E-state index contributed by atoms with van der Waals surface area (Å²) >= 11 is 5.86. The number of aliphatic imine (C=N–C) groups is 1. The molecule has 1 unspecified atom stereocenters. The highest BCUT2D eigenvalue weighted by Gasteiger charge is 2.43. The number of nitrogens with one attached hydrogen (secondary N) is 1. The molecule has 1 fully saturated rings. The van der Waals surface area contributed by atoms with Crippen molar-refractivity contribution in [2.24, 2.45) is 10.9 Å². The lowest BCUT2D eigenvalue weighted by Gasteiger charge is -2.30. The Bertz CT molecular complexity index is 910. The SMILES string of the molecule is CC(=N[C@H](C)c1ccccc1)C1C(=O)NC(=O)N(c2ccc(Cl)cc2)C1=O. The lowest BCUT2D eigenvalue weighted by Crippen LogP contribution is -2.60. The Labute approximate surface area is 161 Å². The summed E-state index contributed by atoms with van der Waals surface area (Å²) in [6, 6.07) is 14.8. The second kappa shape index (κ2) is 7.72. The first-order chi connectivity index (χ1) is 12.9. The number of halogens is 1. The number of imide groups is 2. The first-order valence-electron chi connectivity index (χ1n) is 8.42. The van der Waals surface area contributed by atoms with Crippen LogP contribution in [0.3, 0.4) is 0 Å². The quantitative estimate of drug-likeness (QED) is 0.644. The van der Waals surface area contributed by atoms with Gasteiger partial charge in [0.1, 0.15) is 0 Å². The van der Waals surface area contributed by atoms with Gasteiger partial charge in [0.05, 0.1) is 11.7 Å². The van der Waals surface area contributed by atoms with Gasteiger partial charge in [0.15, 0.2) is 5.92 Å². The number of hydrogen-bond acceptors (Lipinski definition) is 4. The number of anilines is 1. The molecule has 3 rings (SSSR count). The molecule has 2 atom stereocenters. The molecule has 1 N–H and O–H groups in total. The maximum Gasteiger partial charge on any atom is 0.335 e. The van der Waals surface area contributed by atoms with Gasteiger partial charge in [-0.2, -0.15) is 0 Å². The molecule has 0 saturated carbocycles. The van der Waals surface area contributed by atoms with E-state index in [2.05, 4.69) is 10.3 Å². The van der Waals surface area contributed by atoms with Crippen LogP contribution in [0, 0.1) is 5.92 Å². The van der Waals surface area contributed by atoms with Crippen LogP contribution in [-0.4, -0.2) is 23.6 Å². The molecule has 2 aromatic rings. The van der Waals surface area contributed by atoms with E-state index >= 15 is 0 Å². The summed E-state index contributed by atoms with van der Waals surface area (Å²) in [5, 5.41) is 2.71. The molecule has 0 radical (unpaired) electrons. The van der Waals surface area contributed by atoms with E-state index < -0.39 is 23.8 Å². The van der Waals surface area contributed by atoms with Crippen molar-refractivity contribution in [3.63, 3.8) is 0 Å². The summed E-state index contributed by atoms with van der Waals surface area (Å²) in [7, 11) is 0. The third-order valence-electron chi connectivity index (χ3n) is 4.34. The summed E-state index contributed by atoms with van der Waals surface area (Å²) in [4.78, 5) is 42.9. The van der Waals surface area contributed by atoms with Gasteiger partial charge in [0.25, 0.3) is 5.91 Å². The fourth-order valence-corrected chi connectivity index (χ4v) is 3.09. The second-order valence-electron chi connectivity index (χ2n) is 6.23. The van der Waals surface area contributed by atoms with Gasteiger partial charge in [-0.25, -0.2) is 9.69 Å². The van der Waals surface area contributed by atoms with Gasteiger partial charge in [-0.05, 0) is 43.7 Å². The van der Waals surface area contributed by atoms with E-state index in [1.165, 1.54) is 0 Å². The van der Waals surface area contributed by atoms with Crippen LogP contribution in [-0.2, 0) is 9.59 Å². The number of rotatable bonds is 4. The minimum Gasteiger partial charge on any atom is -0.285 e. The normalized spacial score (nSPS) is 19.1. The Morgan fingerprint density at radius 3 is 2.33 bits per heavy atom. The van der Waals surface area contributed by atoms with Crippen molar-refractivity contribution in [3.05, 3.63) is 65.2 Å². The van der Waals surface area contributed by atoms with Gasteiger partial charge < -0.3 is 0 Å². The fraction of sp³-hybridized carbons (Fsp3) is 0.200. The van der Waals surface area contributed by atoms with Crippen molar-refractivity contribution in [2.75, 3.05) is 4.90 Å². The molecular weight excluding hydrogens is 366 g/mol. The summed E-state index contributed by atoms with van der Waals surface area (Å²) in [6.45, 7) is 3.50. The molecule has 0 aromatic heterocycles. The fourth-order valence-electron chi connectivity index (χ4n) is 2.96. The molecule has 4 amide bonds. The number of carbonyl (C=O) groups excluding carboxylic acids is 3. The van der Waals surface area contributed by atoms with Gasteiger partial charge in [-0.15, -0.1) is 0 Å². The zero-order valence-corrected chi connectivity index (χ0v) is 15.6. The van der Waals surface area contributed by atoms with Crippen molar-refractivity contribution in [1.29, 1.82) is 0 Å². The summed E-state index contributed by atoms with van der Waals surface area (Å²) in [5.41, 5.74) is 1.65. The van der Waals surface area contributed by atoms with E-state index in [1.807, 2.05) is 37.3 Å². The van der Waals surface area contributed by atoms with Gasteiger partial charge in [0, 0.05) is 10.7 Å². The highest BCUT2D eigenvalue weighted by molar-refractivity contribution is 6.35. The van der Waals surface area contributed by atoms with Gasteiger partial charge in [-0.1, -0.05) is 41.9 Å². The smallest absolute Gasteiger partial charge is 0.285 e. The second-order valence-corrected chi connectivity index (χ2v) is 6.67. The first-order valence-corrected chi connectivity index (χ1v) is 8.80. The highest BCUT2D eigenvalue weighted by atomic mass is 35.5. The average Bonchev–Trinajstić information content (AvgIpc) is 2.63. The third kappa shape index (κ3) is 3.90. The summed E-state index contributed by atoms with van der Waals surface area (Å²) in [5.74, 6) is -2.46. The van der Waals surface area contributed by atoms with Crippen molar-refractivity contribution in [1.82, 2.24) is 5.32 Å². The summed E-state index contributed by atoms with van der Waals surface area (Å²) in [6.07, 6.45) is 0. The molecule has 1 aliphatic rings. The predicted octanol–water partition coefficient (Wildman–Crippen LogP) is 3.76. The molecule has 0 bridgehead atoms. The van der Waals surface area contributed by atoms with Crippen LogP contribution >= 0.6 is 11.6 Å². The minimum absolute atomic E-state index is 0.228. The molecule has 1 saturated heterocycles. The largest absolute Gasteiger partial charge is 0.335 e. The molecule has 0 spiro atoms. The van der Waals surface area contributed by atoms with Crippen LogP contribution in [0.2, 0.25) is 5.02 Å². The number of benzene rings is 2. The lowest BCUT2D eigenvalue weighted by molar-refractivity contribution is -0.131. The van der Waals surface area contributed by atoms with Gasteiger partial charge in [-0.3, -0.25) is 19.9 Å². The molecule has 6 nitrogen and oxygen atoms in total. The van der Waals surface area contributed by atoms with Crippen molar-refractivity contribution < 1.29 is 14.4 Å². The van der Waals surface area contributed by atoms with Crippen molar-refractivity contribution >= 4 is 40.8 Å². The zero-order chi connectivity index (χ0) is 19.6. The standard InChI is InChI=1S/C20H18ClN3O3/c1-12(14-6-4-3-5-7-14)22-13(2)17-18(25)23-20(27)24(19(17)26)16-10-8-15(21)9-11-16/h3-12,17H,1-2H3,(H,23,25,27)/t12-,17?/m1/s1. The van der Waals surface area contributed by atoms with Gasteiger partial charge >= 0.3 is 6.03 Å². The number of nitrogens with zero attached hydrogens (tertiary/aromatic N) is 2. The molecule has 1 heterocycles. The number of carbonyl (C=O) groups is 3. The Morgan fingerprint density at radius 1 is 1.07 bits per heavy atom. The molecule has 1 aliphatic heterocycles. The lowest BCUT2D eigenvalue weighted by atomic mass is 9.98. The van der Waals surface area contributed by atoms with E-state index in [0.29, 0.717) is 16.4 Å².